The number of hydrogen-bond acceptors (Lipinski definition) is 11. The maximum absolute atomic E-state index is 14.6. The van der Waals surface area contributed by atoms with E-state index < -0.39 is 11.0 Å². The number of methoxy groups -OCH3 is 2. The number of urea groups is 1. The van der Waals surface area contributed by atoms with Crippen molar-refractivity contribution in [3.8, 4) is 11.5 Å². The maximum atomic E-state index is 14.6. The number of halogens is 2. The molecule has 3 aromatic heterocycles. The first-order valence-electron chi connectivity index (χ1n) is 17.0. The van der Waals surface area contributed by atoms with Crippen molar-refractivity contribution in [3.63, 3.8) is 0 Å². The minimum absolute atomic E-state index is 0.0647. The monoisotopic (exact) mass is 783 g/mol. The van der Waals surface area contributed by atoms with Crippen LogP contribution in [0.4, 0.5) is 33.9 Å². The number of piperidine rings is 1. The van der Waals surface area contributed by atoms with E-state index in [0.717, 1.165) is 0 Å². The number of nitro groups is 1. The molecule has 0 spiro atoms. The zero-order valence-corrected chi connectivity index (χ0v) is 32.2. The Kier molecular flexibility index (Phi) is 11.0. The second-order valence-corrected chi connectivity index (χ2v) is 14.4. The molecule has 0 unspecified atom stereocenters. The summed E-state index contributed by atoms with van der Waals surface area (Å²) >= 11 is 13.6. The Morgan fingerprint density at radius 3 is 2.43 bits per heavy atom. The summed E-state index contributed by atoms with van der Waals surface area (Å²) < 4.78 is 14.6. The molecule has 1 saturated heterocycles. The van der Waals surface area contributed by atoms with Crippen LogP contribution in [0, 0.1) is 10.1 Å². The molecule has 2 aliphatic rings. The van der Waals surface area contributed by atoms with Crippen molar-refractivity contribution in [1.82, 2.24) is 34.2 Å². The highest BCUT2D eigenvalue weighted by atomic mass is 35.5. The fourth-order valence-corrected chi connectivity index (χ4v) is 7.29. The number of aromatic nitrogens is 6. The lowest BCUT2D eigenvalue weighted by Gasteiger charge is -2.43. The van der Waals surface area contributed by atoms with Gasteiger partial charge in [0.2, 0.25) is 18.2 Å². The Morgan fingerprint density at radius 1 is 1.13 bits per heavy atom. The lowest BCUT2D eigenvalue weighted by atomic mass is 10.0. The minimum atomic E-state index is -0.489. The summed E-state index contributed by atoms with van der Waals surface area (Å²) in [6.07, 6.45) is 9.09. The molecule has 20 heteroatoms. The number of aryl methyl sites for hydroxylation is 2. The Hall–Kier alpha value is -5.46. The number of quaternary nitrogens is 1. The van der Waals surface area contributed by atoms with Gasteiger partial charge in [0.1, 0.15) is 33.9 Å². The zero-order chi connectivity index (χ0) is 38.9. The van der Waals surface area contributed by atoms with Crippen LogP contribution in [-0.4, -0.2) is 110 Å². The SMILES string of the molecule is COc1cc(OC)c(Cl)c(N2Cc3cnc(Nc4ccn(C)n4)nc3N(C3CCN(C(=O)/C=C/C[N+](C)(C)Cc4c([N+](=O)[O-])ncn4C)CC3)C2=O)c1Cl. The van der Waals surface area contributed by atoms with Crippen molar-refractivity contribution < 1.29 is 28.5 Å². The number of carbonyl (C=O) groups excluding carboxylic acids is 2. The third kappa shape index (κ3) is 7.76. The van der Waals surface area contributed by atoms with Gasteiger partial charge >= 0.3 is 11.8 Å². The van der Waals surface area contributed by atoms with E-state index in [1.807, 2.05) is 14.1 Å². The molecule has 2 aliphatic heterocycles. The lowest BCUT2D eigenvalue weighted by molar-refractivity contribution is -0.898. The molecule has 1 fully saturated rings. The molecule has 0 saturated carbocycles. The van der Waals surface area contributed by atoms with E-state index in [0.29, 0.717) is 66.4 Å². The Morgan fingerprint density at radius 2 is 1.81 bits per heavy atom. The number of hydrogen-bond donors (Lipinski definition) is 1. The van der Waals surface area contributed by atoms with Gasteiger partial charge in [0.15, 0.2) is 11.5 Å². The van der Waals surface area contributed by atoms with Crippen molar-refractivity contribution in [2.24, 2.45) is 14.1 Å². The van der Waals surface area contributed by atoms with Crippen LogP contribution < -0.4 is 24.6 Å². The molecule has 0 bridgehead atoms. The fraction of sp³-hybridized carbons (Fsp3) is 0.412. The van der Waals surface area contributed by atoms with Gasteiger partial charge in [-0.05, 0) is 28.8 Å². The van der Waals surface area contributed by atoms with Gasteiger partial charge in [-0.1, -0.05) is 23.2 Å². The molecule has 0 atom stereocenters. The summed E-state index contributed by atoms with van der Waals surface area (Å²) in [4.78, 5) is 57.0. The number of fused-ring (bicyclic) bond motifs is 1. The smallest absolute Gasteiger partial charge is 0.390 e. The van der Waals surface area contributed by atoms with E-state index in [4.69, 9.17) is 37.7 Å². The normalized spacial score (nSPS) is 15.2. The number of carbonyl (C=O) groups is 2. The van der Waals surface area contributed by atoms with Crippen LogP contribution in [0.15, 0.2) is 43.0 Å². The van der Waals surface area contributed by atoms with Crippen LogP contribution in [0.5, 0.6) is 11.5 Å². The number of ether oxygens (including phenoxy) is 2. The molecule has 1 N–H and O–H groups in total. The number of likely N-dealkylation sites (N-methyl/N-ethyl adjacent to an activating group) is 1. The van der Waals surface area contributed by atoms with Crippen LogP contribution >= 0.6 is 23.2 Å². The van der Waals surface area contributed by atoms with Crippen molar-refractivity contribution in [1.29, 1.82) is 0 Å². The molecule has 286 valence electrons. The van der Waals surface area contributed by atoms with Gasteiger partial charge in [-0.15, -0.1) is 0 Å². The average Bonchev–Trinajstić information content (AvgIpc) is 3.72. The van der Waals surface area contributed by atoms with Crippen LogP contribution in [0.3, 0.4) is 0 Å². The molecule has 54 heavy (non-hydrogen) atoms. The van der Waals surface area contributed by atoms with Crippen molar-refractivity contribution in [3.05, 3.63) is 74.4 Å². The van der Waals surface area contributed by atoms with Crippen molar-refractivity contribution in [2.75, 3.05) is 63.1 Å². The third-order valence-corrected chi connectivity index (χ3v) is 10.1. The van der Waals surface area contributed by atoms with E-state index in [-0.39, 0.29) is 57.5 Å². The summed E-state index contributed by atoms with van der Waals surface area (Å²) in [5.74, 6) is 1.44. The molecular weight excluding hydrogens is 743 g/mol. The van der Waals surface area contributed by atoms with Crippen LogP contribution in [0.25, 0.3) is 0 Å². The van der Waals surface area contributed by atoms with E-state index in [2.05, 4.69) is 20.4 Å². The quantitative estimate of drug-likeness (QED) is 0.0912. The van der Waals surface area contributed by atoms with E-state index in [9.17, 15) is 19.7 Å². The first kappa shape index (κ1) is 38.3. The van der Waals surface area contributed by atoms with Gasteiger partial charge in [-0.2, -0.15) is 10.1 Å². The topological polar surface area (TPSA) is 179 Å². The number of likely N-dealkylation sites (tertiary alicyclic amines) is 1. The fourth-order valence-electron chi connectivity index (χ4n) is 6.58. The molecule has 0 radical (unpaired) electrons. The predicted octanol–water partition coefficient (Wildman–Crippen LogP) is 4.69. The molecular formula is C34H41Cl2N12O6+. The highest BCUT2D eigenvalue weighted by Crippen LogP contribution is 2.48. The number of benzene rings is 1. The molecule has 4 aromatic rings. The van der Waals surface area contributed by atoms with Gasteiger partial charge in [0, 0.05) is 69.4 Å². The molecule has 18 nitrogen and oxygen atoms in total. The first-order valence-corrected chi connectivity index (χ1v) is 17.7. The summed E-state index contributed by atoms with van der Waals surface area (Å²) in [5.41, 5.74) is 1.37. The number of rotatable bonds is 12. The largest absolute Gasteiger partial charge is 0.495 e. The summed E-state index contributed by atoms with van der Waals surface area (Å²) in [7, 11) is 10.3. The molecule has 5 heterocycles. The van der Waals surface area contributed by atoms with E-state index >= 15 is 0 Å². The number of anilines is 4. The lowest BCUT2D eigenvalue weighted by Crippen LogP contribution is -2.55. The van der Waals surface area contributed by atoms with E-state index in [1.54, 1.807) is 63.7 Å². The van der Waals surface area contributed by atoms with Gasteiger partial charge < -0.3 is 38.9 Å². The maximum Gasteiger partial charge on any atom is 0.390 e. The van der Waals surface area contributed by atoms with E-state index in [1.165, 1.54) is 31.5 Å². The van der Waals surface area contributed by atoms with Gasteiger partial charge in [0.25, 0.3) is 0 Å². The van der Waals surface area contributed by atoms with Gasteiger partial charge in [-0.3, -0.25) is 19.3 Å². The summed E-state index contributed by atoms with van der Waals surface area (Å²) in [5, 5.41) is 19.2. The van der Waals surface area contributed by atoms with Gasteiger partial charge in [-0.25, -0.2) is 9.78 Å². The van der Waals surface area contributed by atoms with Crippen LogP contribution in [0.1, 0.15) is 24.1 Å². The molecule has 1 aromatic carbocycles. The predicted molar refractivity (Wildman–Crippen MR) is 201 cm³/mol. The Balaban J connectivity index is 1.22. The number of imidazole rings is 1. The number of amides is 3. The van der Waals surface area contributed by atoms with Gasteiger partial charge in [0.05, 0.1) is 47.1 Å². The summed E-state index contributed by atoms with van der Waals surface area (Å²) in [6.45, 7) is 1.63. The second-order valence-electron chi connectivity index (χ2n) is 13.7. The Bertz CT molecular complexity index is 2080. The second kappa shape index (κ2) is 15.5. The molecule has 6 rings (SSSR count). The first-order chi connectivity index (χ1) is 25.7. The highest BCUT2D eigenvalue weighted by Gasteiger charge is 2.41. The standard InChI is InChI=1S/C34H41Cl2N12O6/c1-42-20-38-32(47(51)52)23(42)19-48(3,4)15-7-8-27(49)44-13-9-22(10-14-44)46-31-21(17-37-33(40-31)39-26-11-12-43(2)41-26)18-45(34(46)50)30-28(35)24(53-5)16-25(54-6)29(30)36/h7-8,11-12,16-17,20,22H,9-10,13-15,18-19H2,1-6H3,(H,37,39,40,41)/q+1/b8-7+. The molecule has 0 aliphatic carbocycles. The van der Waals surface area contributed by atoms with Crippen molar-refractivity contribution in [2.45, 2.75) is 32.0 Å². The third-order valence-electron chi connectivity index (χ3n) is 9.40. The number of nitrogens with one attached hydrogen (secondary N) is 1. The summed E-state index contributed by atoms with van der Waals surface area (Å²) in [6, 6.07) is 2.57. The average molecular weight is 785 g/mol. The van der Waals surface area contributed by atoms with Crippen molar-refractivity contribution >= 4 is 64.2 Å². The number of nitrogens with zero attached hydrogens (tertiary/aromatic N) is 11. The molecule has 3 amide bonds. The zero-order valence-electron chi connectivity index (χ0n) is 30.7. The highest BCUT2D eigenvalue weighted by molar-refractivity contribution is 6.42. The minimum Gasteiger partial charge on any atom is -0.495 e. The van der Waals surface area contributed by atoms with Crippen LogP contribution in [-0.2, 0) is 32.0 Å². The Labute approximate surface area is 321 Å². The van der Waals surface area contributed by atoms with Crippen LogP contribution in [0.2, 0.25) is 10.0 Å².